The number of aromatic nitrogens is 2. The lowest BCUT2D eigenvalue weighted by Gasteiger charge is -2.36. The van der Waals surface area contributed by atoms with E-state index in [1.165, 1.54) is 24.3 Å². The van der Waals surface area contributed by atoms with Crippen LogP contribution in [-0.4, -0.2) is 61.7 Å². The number of benzene rings is 3. The van der Waals surface area contributed by atoms with Gasteiger partial charge in [0.1, 0.15) is 5.82 Å². The van der Waals surface area contributed by atoms with Crippen molar-refractivity contribution in [3.05, 3.63) is 89.2 Å². The van der Waals surface area contributed by atoms with Crippen LogP contribution in [0.2, 0.25) is 0 Å². The van der Waals surface area contributed by atoms with E-state index >= 15 is 4.39 Å². The van der Waals surface area contributed by atoms with Crippen LogP contribution in [0.1, 0.15) is 16.7 Å². The van der Waals surface area contributed by atoms with Gasteiger partial charge in [0.05, 0.1) is 11.1 Å². The van der Waals surface area contributed by atoms with Crippen LogP contribution in [0.3, 0.4) is 0 Å². The fraction of sp³-hybridized carbons (Fsp3) is 0.276. The summed E-state index contributed by atoms with van der Waals surface area (Å²) < 4.78 is 93.5. The molecule has 10 nitrogen and oxygen atoms in total. The molecule has 1 saturated heterocycles. The van der Waals surface area contributed by atoms with E-state index in [1.807, 2.05) is 19.1 Å². The zero-order valence-electron chi connectivity index (χ0n) is 23.3. The normalized spacial score (nSPS) is 15.2. The quantitative estimate of drug-likeness (QED) is 0.153. The molecule has 5 rings (SSSR count). The number of rotatable bonds is 10. The first-order valence-corrected chi connectivity index (χ1v) is 14.9. The molecule has 15 heteroatoms. The Balaban J connectivity index is 1.21. The zero-order valence-corrected chi connectivity index (χ0v) is 24.1. The van der Waals surface area contributed by atoms with E-state index in [2.05, 4.69) is 14.9 Å². The number of carbonyl (C=O) groups is 1. The van der Waals surface area contributed by atoms with Gasteiger partial charge in [-0.15, -0.1) is 0 Å². The highest BCUT2D eigenvalue weighted by Crippen LogP contribution is 2.31. The van der Waals surface area contributed by atoms with Crippen molar-refractivity contribution >= 4 is 22.4 Å². The number of ether oxygens (including phenoxy) is 1. The summed E-state index contributed by atoms with van der Waals surface area (Å²) in [7, 11) is -4.15. The number of halogens is 4. The van der Waals surface area contributed by atoms with E-state index in [0.29, 0.717) is 16.8 Å². The van der Waals surface area contributed by atoms with E-state index < -0.39 is 34.0 Å². The van der Waals surface area contributed by atoms with Crippen LogP contribution in [0, 0.1) is 12.7 Å². The molecule has 1 aliphatic rings. The smallest absolute Gasteiger partial charge is 0.416 e. The second-order valence-corrected chi connectivity index (χ2v) is 11.8. The first-order valence-electron chi connectivity index (χ1n) is 13.4. The lowest BCUT2D eigenvalue weighted by atomic mass is 10.1. The molecule has 0 radical (unpaired) electrons. The molecule has 1 N–H and O–H groups in total. The maximum Gasteiger partial charge on any atom is 0.416 e. The summed E-state index contributed by atoms with van der Waals surface area (Å²) in [4.78, 5) is 17.2. The van der Waals surface area contributed by atoms with Crippen LogP contribution in [0.4, 0.5) is 23.2 Å². The third-order valence-electron chi connectivity index (χ3n) is 7.06. The van der Waals surface area contributed by atoms with Crippen LogP contribution in [0.5, 0.6) is 0 Å². The number of anilines is 1. The van der Waals surface area contributed by atoms with Gasteiger partial charge in [0.15, 0.2) is 6.23 Å². The van der Waals surface area contributed by atoms with E-state index in [9.17, 15) is 26.4 Å². The van der Waals surface area contributed by atoms with Crippen LogP contribution in [-0.2, 0) is 32.3 Å². The lowest BCUT2D eigenvalue weighted by Crippen LogP contribution is -2.54. The van der Waals surface area contributed by atoms with E-state index in [-0.39, 0.29) is 56.4 Å². The number of aryl methyl sites for hydroxylation is 1. The maximum absolute atomic E-state index is 15.1. The first-order chi connectivity index (χ1) is 20.9. The summed E-state index contributed by atoms with van der Waals surface area (Å²) in [5.74, 6) is -0.440. The van der Waals surface area contributed by atoms with Crippen molar-refractivity contribution in [1.82, 2.24) is 19.2 Å². The number of hydrogen-bond donors (Lipinski definition) is 1. The molecule has 44 heavy (non-hydrogen) atoms. The molecule has 1 atom stereocenters. The van der Waals surface area contributed by atoms with Crippen molar-refractivity contribution in [2.45, 2.75) is 25.7 Å². The molecule has 232 valence electrons. The Morgan fingerprint density at radius 3 is 2.32 bits per heavy atom. The SMILES string of the molecule is Cc1ccc(-c2nc(-c3ccc(CC(NS(=O)(=O)N4CCN(c5ccc(C(F)(F)F)cc5)CC4)OC=O)cc3F)no2)cc1. The number of carbonyl (C=O) groups excluding carboxylic acids is 1. The highest BCUT2D eigenvalue weighted by molar-refractivity contribution is 7.87. The predicted molar refractivity (Wildman–Crippen MR) is 152 cm³/mol. The van der Waals surface area contributed by atoms with Crippen molar-refractivity contribution in [2.75, 3.05) is 31.1 Å². The molecule has 0 aliphatic carbocycles. The topological polar surface area (TPSA) is 118 Å². The molecule has 0 amide bonds. The minimum atomic E-state index is -4.45. The Bertz CT molecular complexity index is 1710. The third kappa shape index (κ3) is 7.23. The molecule has 4 aromatic rings. The summed E-state index contributed by atoms with van der Waals surface area (Å²) >= 11 is 0. The molecular formula is C29H27F4N5O5S. The van der Waals surface area contributed by atoms with Gasteiger partial charge in [-0.3, -0.25) is 4.79 Å². The minimum absolute atomic E-state index is 0.0291. The number of nitrogens with zero attached hydrogens (tertiary/aromatic N) is 4. The fourth-order valence-electron chi connectivity index (χ4n) is 4.70. The lowest BCUT2D eigenvalue weighted by molar-refractivity contribution is -0.137. The molecule has 1 aliphatic heterocycles. The van der Waals surface area contributed by atoms with Crippen LogP contribution < -0.4 is 9.62 Å². The molecule has 3 aromatic carbocycles. The van der Waals surface area contributed by atoms with Crippen molar-refractivity contribution in [3.8, 4) is 22.8 Å². The zero-order chi connectivity index (χ0) is 31.5. The van der Waals surface area contributed by atoms with Gasteiger partial charge in [0.25, 0.3) is 22.6 Å². The molecule has 2 heterocycles. The van der Waals surface area contributed by atoms with E-state index in [0.717, 1.165) is 28.1 Å². The number of nitrogens with one attached hydrogen (secondary N) is 1. The summed E-state index contributed by atoms with van der Waals surface area (Å²) in [6.07, 6.45) is -5.97. The molecule has 1 unspecified atom stereocenters. The highest BCUT2D eigenvalue weighted by atomic mass is 32.2. The van der Waals surface area contributed by atoms with Gasteiger partial charge in [-0.1, -0.05) is 28.9 Å². The average Bonchev–Trinajstić information content (AvgIpc) is 3.47. The first kappa shape index (κ1) is 31.1. The van der Waals surface area contributed by atoms with Gasteiger partial charge in [0.2, 0.25) is 5.82 Å². The minimum Gasteiger partial charge on any atom is -0.447 e. The Kier molecular flexibility index (Phi) is 8.99. The second kappa shape index (κ2) is 12.7. The molecule has 1 aromatic heterocycles. The number of hydrogen-bond acceptors (Lipinski definition) is 8. The predicted octanol–water partition coefficient (Wildman–Crippen LogP) is 4.57. The summed E-state index contributed by atoms with van der Waals surface area (Å²) in [5, 5.41) is 3.86. The van der Waals surface area contributed by atoms with Gasteiger partial charge in [-0.05, 0) is 61.0 Å². The summed E-state index contributed by atoms with van der Waals surface area (Å²) in [5.41, 5.74) is 1.87. The third-order valence-corrected chi connectivity index (χ3v) is 8.66. The average molecular weight is 634 g/mol. The summed E-state index contributed by atoms with van der Waals surface area (Å²) in [6.45, 7) is 2.53. The number of piperazine rings is 1. The van der Waals surface area contributed by atoms with Crippen LogP contribution in [0.25, 0.3) is 22.8 Å². The Morgan fingerprint density at radius 2 is 1.70 bits per heavy atom. The fourth-order valence-corrected chi connectivity index (χ4v) is 5.96. The van der Waals surface area contributed by atoms with Gasteiger partial charge in [-0.2, -0.15) is 35.6 Å². The van der Waals surface area contributed by atoms with Crippen molar-refractivity contribution < 1.29 is 40.0 Å². The van der Waals surface area contributed by atoms with Crippen LogP contribution in [0.15, 0.2) is 71.3 Å². The van der Waals surface area contributed by atoms with Crippen molar-refractivity contribution in [2.24, 2.45) is 0 Å². The summed E-state index contributed by atoms with van der Waals surface area (Å²) in [6, 6.07) is 16.1. The van der Waals surface area contributed by atoms with Gasteiger partial charge in [0, 0.05) is 43.9 Å². The Hall–Kier alpha value is -4.34. The van der Waals surface area contributed by atoms with E-state index in [1.54, 1.807) is 17.0 Å². The highest BCUT2D eigenvalue weighted by Gasteiger charge is 2.32. The van der Waals surface area contributed by atoms with Gasteiger partial charge in [-0.25, -0.2) is 4.39 Å². The monoisotopic (exact) mass is 633 g/mol. The van der Waals surface area contributed by atoms with E-state index in [4.69, 9.17) is 9.26 Å². The standard InChI is InChI=1S/C29H27F4N5O5S/c1-19-2-5-21(6-3-19)28-34-27(35-43-28)24-11-4-20(16-25(24)30)17-26(42-18-39)36-44(40,41)38-14-12-37(13-15-38)23-9-7-22(8-10-23)29(31,32)33/h2-11,16,18,26,36H,12-15,17H2,1H3. The second-order valence-electron chi connectivity index (χ2n) is 10.1. The van der Waals surface area contributed by atoms with Gasteiger partial charge >= 0.3 is 6.18 Å². The molecular weight excluding hydrogens is 606 g/mol. The number of alkyl halides is 3. The van der Waals surface area contributed by atoms with Crippen molar-refractivity contribution in [3.63, 3.8) is 0 Å². The maximum atomic E-state index is 15.1. The molecule has 0 spiro atoms. The van der Waals surface area contributed by atoms with Crippen LogP contribution >= 0.6 is 0 Å². The molecule has 1 fully saturated rings. The molecule has 0 bridgehead atoms. The largest absolute Gasteiger partial charge is 0.447 e. The Labute approximate surface area is 250 Å². The van der Waals surface area contributed by atoms with Gasteiger partial charge < -0.3 is 14.2 Å². The van der Waals surface area contributed by atoms with Crippen molar-refractivity contribution in [1.29, 1.82) is 0 Å². The molecule has 0 saturated carbocycles. The Morgan fingerprint density at radius 1 is 1.02 bits per heavy atom.